The van der Waals surface area contributed by atoms with Crippen molar-refractivity contribution in [2.75, 3.05) is 19.8 Å². The molecule has 1 atom stereocenters. The van der Waals surface area contributed by atoms with E-state index in [0.29, 0.717) is 18.4 Å². The molecule has 4 nitrogen and oxygen atoms in total. The number of carbonyl (C=O) groups is 1. The summed E-state index contributed by atoms with van der Waals surface area (Å²) in [6.07, 6.45) is 4.39. The van der Waals surface area contributed by atoms with Gasteiger partial charge in [-0.3, -0.25) is 4.79 Å². The zero-order valence-corrected chi connectivity index (χ0v) is 13.0. The van der Waals surface area contributed by atoms with Crippen LogP contribution in [0.4, 0.5) is 0 Å². The fraction of sp³-hybridized carbons (Fsp3) is 0.588. The minimum absolute atomic E-state index is 0.0773. The van der Waals surface area contributed by atoms with E-state index in [0.717, 1.165) is 31.6 Å². The second kappa shape index (κ2) is 7.91. The molecule has 0 aliphatic carbocycles. The fourth-order valence-corrected chi connectivity index (χ4v) is 2.55. The van der Waals surface area contributed by atoms with Crippen molar-refractivity contribution in [3.63, 3.8) is 0 Å². The normalized spacial score (nSPS) is 18.4. The zero-order valence-electron chi connectivity index (χ0n) is 13.0. The molecule has 2 rings (SSSR count). The van der Waals surface area contributed by atoms with Gasteiger partial charge in [0, 0.05) is 12.6 Å². The Labute approximate surface area is 127 Å². The highest BCUT2D eigenvalue weighted by atomic mass is 16.5. The van der Waals surface area contributed by atoms with Gasteiger partial charge < -0.3 is 14.4 Å². The number of rotatable bonds is 6. The third kappa shape index (κ3) is 4.66. The minimum Gasteiger partial charge on any atom is -0.494 e. The second-order valence-electron chi connectivity index (χ2n) is 5.54. The third-order valence-corrected chi connectivity index (χ3v) is 3.78. The summed E-state index contributed by atoms with van der Waals surface area (Å²) in [7, 11) is 0. The molecule has 1 aliphatic heterocycles. The summed E-state index contributed by atoms with van der Waals surface area (Å²) in [6.45, 7) is 5.86. The molecule has 1 unspecified atom stereocenters. The average molecular weight is 291 g/mol. The van der Waals surface area contributed by atoms with E-state index in [1.807, 2.05) is 29.2 Å². The number of hydrogen-bond donors (Lipinski definition) is 0. The lowest BCUT2D eigenvalue weighted by Gasteiger charge is -2.33. The zero-order chi connectivity index (χ0) is 15.1. The number of nitrogens with zero attached hydrogens (tertiary/aromatic N) is 1. The number of piperidine rings is 1. The maximum Gasteiger partial charge on any atom is 0.260 e. The molecule has 1 saturated heterocycles. The molecule has 0 saturated carbocycles. The molecule has 1 amide bonds. The molecule has 0 radical (unpaired) electrons. The number of amides is 1. The molecular weight excluding hydrogens is 266 g/mol. The Morgan fingerprint density at radius 3 is 2.48 bits per heavy atom. The molecule has 0 bridgehead atoms. The summed E-state index contributed by atoms with van der Waals surface area (Å²) in [5, 5.41) is 0. The van der Waals surface area contributed by atoms with E-state index in [1.54, 1.807) is 0 Å². The predicted molar refractivity (Wildman–Crippen MR) is 82.7 cm³/mol. The van der Waals surface area contributed by atoms with Gasteiger partial charge in [-0.05, 0) is 56.9 Å². The van der Waals surface area contributed by atoms with Gasteiger partial charge in [-0.1, -0.05) is 6.92 Å². The van der Waals surface area contributed by atoms with E-state index >= 15 is 0 Å². The van der Waals surface area contributed by atoms with Gasteiger partial charge in [-0.15, -0.1) is 0 Å². The van der Waals surface area contributed by atoms with Crippen LogP contribution in [0.5, 0.6) is 11.5 Å². The Hall–Kier alpha value is -1.71. The maximum atomic E-state index is 12.2. The van der Waals surface area contributed by atoms with Crippen molar-refractivity contribution in [3.8, 4) is 11.5 Å². The summed E-state index contributed by atoms with van der Waals surface area (Å²) in [4.78, 5) is 14.1. The standard InChI is InChI=1S/C17H25NO3/c1-3-12-20-15-7-9-16(10-8-15)21-13-17(19)18-11-5-4-6-14(18)2/h7-10,14H,3-6,11-13H2,1-2H3. The molecule has 0 aromatic heterocycles. The summed E-state index contributed by atoms with van der Waals surface area (Å²) >= 11 is 0. The van der Waals surface area contributed by atoms with Crippen LogP contribution in [-0.4, -0.2) is 36.6 Å². The average Bonchev–Trinajstić information content (AvgIpc) is 2.52. The van der Waals surface area contributed by atoms with Crippen LogP contribution >= 0.6 is 0 Å². The van der Waals surface area contributed by atoms with E-state index in [-0.39, 0.29) is 12.5 Å². The molecule has 1 heterocycles. The highest BCUT2D eigenvalue weighted by Gasteiger charge is 2.23. The van der Waals surface area contributed by atoms with Crippen molar-refractivity contribution in [1.29, 1.82) is 0 Å². The molecule has 4 heteroatoms. The summed E-state index contributed by atoms with van der Waals surface area (Å²) in [6, 6.07) is 7.77. The molecule has 0 N–H and O–H groups in total. The Kier molecular flexibility index (Phi) is 5.90. The van der Waals surface area contributed by atoms with E-state index in [1.165, 1.54) is 6.42 Å². The van der Waals surface area contributed by atoms with E-state index < -0.39 is 0 Å². The smallest absolute Gasteiger partial charge is 0.260 e. The molecule has 21 heavy (non-hydrogen) atoms. The highest BCUT2D eigenvalue weighted by Crippen LogP contribution is 2.19. The minimum atomic E-state index is 0.0773. The van der Waals surface area contributed by atoms with Crippen molar-refractivity contribution >= 4 is 5.91 Å². The van der Waals surface area contributed by atoms with Crippen LogP contribution in [0, 0.1) is 0 Å². The summed E-state index contributed by atoms with van der Waals surface area (Å²) in [5.41, 5.74) is 0. The molecule has 1 aromatic rings. The van der Waals surface area contributed by atoms with Crippen molar-refractivity contribution in [1.82, 2.24) is 4.90 Å². The monoisotopic (exact) mass is 291 g/mol. The Morgan fingerprint density at radius 2 is 1.86 bits per heavy atom. The van der Waals surface area contributed by atoms with Crippen LogP contribution in [0.1, 0.15) is 39.5 Å². The van der Waals surface area contributed by atoms with Gasteiger partial charge in [0.2, 0.25) is 0 Å². The number of benzene rings is 1. The quantitative estimate of drug-likeness (QED) is 0.807. The number of ether oxygens (including phenoxy) is 2. The Balaban J connectivity index is 1.80. The molecule has 1 aliphatic rings. The molecular formula is C17H25NO3. The van der Waals surface area contributed by atoms with E-state index in [9.17, 15) is 4.79 Å². The van der Waals surface area contributed by atoms with Gasteiger partial charge in [0.1, 0.15) is 11.5 Å². The first-order valence-corrected chi connectivity index (χ1v) is 7.86. The van der Waals surface area contributed by atoms with Gasteiger partial charge in [0.05, 0.1) is 6.61 Å². The largest absolute Gasteiger partial charge is 0.494 e. The van der Waals surface area contributed by atoms with E-state index in [4.69, 9.17) is 9.47 Å². The first-order valence-electron chi connectivity index (χ1n) is 7.86. The van der Waals surface area contributed by atoms with Gasteiger partial charge in [-0.2, -0.15) is 0 Å². The van der Waals surface area contributed by atoms with Crippen molar-refractivity contribution < 1.29 is 14.3 Å². The van der Waals surface area contributed by atoms with Crippen LogP contribution < -0.4 is 9.47 Å². The van der Waals surface area contributed by atoms with Crippen molar-refractivity contribution in [2.45, 2.75) is 45.6 Å². The lowest BCUT2D eigenvalue weighted by atomic mass is 10.0. The van der Waals surface area contributed by atoms with Crippen LogP contribution in [0.25, 0.3) is 0 Å². The van der Waals surface area contributed by atoms with Crippen LogP contribution in [0.2, 0.25) is 0 Å². The van der Waals surface area contributed by atoms with Gasteiger partial charge in [-0.25, -0.2) is 0 Å². The molecule has 116 valence electrons. The Morgan fingerprint density at radius 1 is 1.19 bits per heavy atom. The fourth-order valence-electron chi connectivity index (χ4n) is 2.55. The molecule has 1 aromatic carbocycles. The molecule has 1 fully saturated rings. The number of likely N-dealkylation sites (tertiary alicyclic amines) is 1. The lowest BCUT2D eigenvalue weighted by molar-refractivity contribution is -0.136. The highest BCUT2D eigenvalue weighted by molar-refractivity contribution is 5.78. The maximum absolute atomic E-state index is 12.2. The van der Waals surface area contributed by atoms with Gasteiger partial charge in [0.25, 0.3) is 5.91 Å². The first kappa shape index (κ1) is 15.7. The van der Waals surface area contributed by atoms with Gasteiger partial charge in [0.15, 0.2) is 6.61 Å². The Bertz CT molecular complexity index is 444. The van der Waals surface area contributed by atoms with E-state index in [2.05, 4.69) is 13.8 Å². The lowest BCUT2D eigenvalue weighted by Crippen LogP contribution is -2.44. The second-order valence-corrected chi connectivity index (χ2v) is 5.54. The summed E-state index contributed by atoms with van der Waals surface area (Å²) < 4.78 is 11.1. The van der Waals surface area contributed by atoms with Crippen molar-refractivity contribution in [2.24, 2.45) is 0 Å². The topological polar surface area (TPSA) is 38.8 Å². The van der Waals surface area contributed by atoms with Gasteiger partial charge >= 0.3 is 0 Å². The SMILES string of the molecule is CCCOc1ccc(OCC(=O)N2CCCCC2C)cc1. The predicted octanol–water partition coefficient (Wildman–Crippen LogP) is 3.26. The summed E-state index contributed by atoms with van der Waals surface area (Å²) in [5.74, 6) is 1.62. The third-order valence-electron chi connectivity index (χ3n) is 3.78. The first-order chi connectivity index (χ1) is 10.2. The number of carbonyl (C=O) groups excluding carboxylic acids is 1. The van der Waals surface area contributed by atoms with Crippen LogP contribution in [0.15, 0.2) is 24.3 Å². The van der Waals surface area contributed by atoms with Crippen LogP contribution in [-0.2, 0) is 4.79 Å². The van der Waals surface area contributed by atoms with Crippen LogP contribution in [0.3, 0.4) is 0 Å². The number of hydrogen-bond acceptors (Lipinski definition) is 3. The molecule has 0 spiro atoms. The van der Waals surface area contributed by atoms with Crippen molar-refractivity contribution in [3.05, 3.63) is 24.3 Å².